The zero-order chi connectivity index (χ0) is 14.7. The van der Waals surface area contributed by atoms with Crippen molar-refractivity contribution in [2.24, 2.45) is 0 Å². The third-order valence-electron chi connectivity index (χ3n) is 2.90. The van der Waals surface area contributed by atoms with Crippen molar-refractivity contribution >= 4 is 16.9 Å². The summed E-state index contributed by atoms with van der Waals surface area (Å²) in [5, 5.41) is 8.61. The minimum atomic E-state index is -0.356. The molecule has 2 heterocycles. The number of carbonyl (C=O) groups excluding carboxylic acids is 1. The lowest BCUT2D eigenvalue weighted by Crippen LogP contribution is -2.25. The molecule has 0 saturated carbocycles. The highest BCUT2D eigenvalue weighted by atomic mass is 16.2. The average Bonchev–Trinajstić information content (AvgIpc) is 2.53. The third-order valence-corrected chi connectivity index (χ3v) is 2.90. The first-order valence-corrected chi connectivity index (χ1v) is 6.26. The fourth-order valence-corrected chi connectivity index (χ4v) is 1.86. The Labute approximate surface area is 119 Å². The van der Waals surface area contributed by atoms with Gasteiger partial charge < -0.3 is 5.32 Å². The number of fused-ring (bicyclic) bond motifs is 1. The summed E-state index contributed by atoms with van der Waals surface area (Å²) in [4.78, 5) is 31.1. The van der Waals surface area contributed by atoms with Crippen LogP contribution in [0.4, 0.5) is 0 Å². The van der Waals surface area contributed by atoms with Crippen LogP contribution in [0.15, 0.2) is 47.5 Å². The Kier molecular flexibility index (Phi) is 3.38. The number of benzene rings is 1. The molecule has 0 bridgehead atoms. The maximum atomic E-state index is 11.9. The van der Waals surface area contributed by atoms with Crippen LogP contribution < -0.4 is 10.9 Å². The maximum absolute atomic E-state index is 11.9. The first kappa shape index (κ1) is 12.9. The highest BCUT2D eigenvalue weighted by Crippen LogP contribution is 2.10. The summed E-state index contributed by atoms with van der Waals surface area (Å²) in [5.41, 5.74) is 2.29. The van der Waals surface area contributed by atoms with E-state index >= 15 is 0 Å². The molecule has 0 radical (unpaired) electrons. The van der Waals surface area contributed by atoms with E-state index in [0.29, 0.717) is 6.54 Å². The molecule has 0 fully saturated rings. The molecular formula is C14H11N5O2. The van der Waals surface area contributed by atoms with Crippen LogP contribution in [0.5, 0.6) is 0 Å². The van der Waals surface area contributed by atoms with Crippen molar-refractivity contribution in [2.75, 3.05) is 0 Å². The van der Waals surface area contributed by atoms with Crippen molar-refractivity contribution in [3.05, 3.63) is 64.3 Å². The SMILES string of the molecule is O=C(NCc1ccc2nccnc2c1)c1ccc(=O)[nH]n1. The lowest BCUT2D eigenvalue weighted by atomic mass is 10.2. The Bertz CT molecular complexity index is 839. The third kappa shape index (κ3) is 2.92. The van der Waals surface area contributed by atoms with Gasteiger partial charge in [-0.25, -0.2) is 5.10 Å². The Hall–Kier alpha value is -3.09. The van der Waals surface area contributed by atoms with E-state index in [-0.39, 0.29) is 17.2 Å². The van der Waals surface area contributed by atoms with E-state index in [9.17, 15) is 9.59 Å². The number of amides is 1. The zero-order valence-corrected chi connectivity index (χ0v) is 10.9. The van der Waals surface area contributed by atoms with E-state index in [4.69, 9.17) is 0 Å². The fourth-order valence-electron chi connectivity index (χ4n) is 1.86. The predicted molar refractivity (Wildman–Crippen MR) is 75.6 cm³/mol. The summed E-state index contributed by atoms with van der Waals surface area (Å²) in [6.07, 6.45) is 3.25. The number of nitrogens with zero attached hydrogens (tertiary/aromatic N) is 3. The smallest absolute Gasteiger partial charge is 0.271 e. The number of nitrogens with one attached hydrogen (secondary N) is 2. The molecule has 0 atom stereocenters. The molecule has 0 aliphatic carbocycles. The molecule has 0 aliphatic rings. The Morgan fingerprint density at radius 3 is 2.67 bits per heavy atom. The van der Waals surface area contributed by atoms with E-state index in [2.05, 4.69) is 25.5 Å². The molecule has 1 aromatic carbocycles. The number of aromatic amines is 1. The van der Waals surface area contributed by atoms with Gasteiger partial charge in [0.05, 0.1) is 11.0 Å². The second-order valence-corrected chi connectivity index (χ2v) is 4.37. The van der Waals surface area contributed by atoms with Crippen molar-refractivity contribution in [1.29, 1.82) is 0 Å². The number of H-pyrrole nitrogens is 1. The molecule has 0 unspecified atom stereocenters. The van der Waals surface area contributed by atoms with Crippen LogP contribution >= 0.6 is 0 Å². The average molecular weight is 281 g/mol. The van der Waals surface area contributed by atoms with Crippen molar-refractivity contribution in [3.8, 4) is 0 Å². The van der Waals surface area contributed by atoms with Crippen LogP contribution in [0, 0.1) is 0 Å². The quantitative estimate of drug-likeness (QED) is 0.734. The number of carbonyl (C=O) groups is 1. The van der Waals surface area contributed by atoms with Gasteiger partial charge in [0.15, 0.2) is 0 Å². The number of rotatable bonds is 3. The summed E-state index contributed by atoms with van der Waals surface area (Å²) in [7, 11) is 0. The van der Waals surface area contributed by atoms with Gasteiger partial charge in [-0.05, 0) is 23.8 Å². The van der Waals surface area contributed by atoms with E-state index in [1.807, 2.05) is 18.2 Å². The Morgan fingerprint density at radius 2 is 1.90 bits per heavy atom. The second-order valence-electron chi connectivity index (χ2n) is 4.37. The summed E-state index contributed by atoms with van der Waals surface area (Å²) >= 11 is 0. The number of hydrogen-bond acceptors (Lipinski definition) is 5. The summed E-state index contributed by atoms with van der Waals surface area (Å²) < 4.78 is 0. The summed E-state index contributed by atoms with van der Waals surface area (Å²) in [6.45, 7) is 0.339. The van der Waals surface area contributed by atoms with Gasteiger partial charge >= 0.3 is 0 Å². The van der Waals surface area contributed by atoms with Gasteiger partial charge in [-0.3, -0.25) is 19.6 Å². The fraction of sp³-hybridized carbons (Fsp3) is 0.0714. The minimum Gasteiger partial charge on any atom is -0.347 e. The second kappa shape index (κ2) is 5.49. The van der Waals surface area contributed by atoms with Crippen molar-refractivity contribution < 1.29 is 4.79 Å². The maximum Gasteiger partial charge on any atom is 0.271 e. The topological polar surface area (TPSA) is 101 Å². The van der Waals surface area contributed by atoms with Crippen LogP contribution in [0.2, 0.25) is 0 Å². The van der Waals surface area contributed by atoms with Crippen molar-refractivity contribution in [1.82, 2.24) is 25.5 Å². The van der Waals surface area contributed by atoms with Crippen LogP contribution in [0.25, 0.3) is 11.0 Å². The van der Waals surface area contributed by atoms with Gasteiger partial charge in [-0.1, -0.05) is 6.07 Å². The molecule has 7 heteroatoms. The van der Waals surface area contributed by atoms with E-state index in [0.717, 1.165) is 16.6 Å². The molecule has 1 amide bonds. The Balaban J connectivity index is 1.72. The standard InChI is InChI=1S/C14H11N5O2/c20-13-4-3-11(18-19-13)14(21)17-8-9-1-2-10-12(7-9)16-6-5-15-10/h1-7H,8H2,(H,17,21)(H,19,20). The first-order valence-electron chi connectivity index (χ1n) is 6.26. The monoisotopic (exact) mass is 281 g/mol. The molecule has 0 spiro atoms. The van der Waals surface area contributed by atoms with Crippen LogP contribution in [0.1, 0.15) is 16.1 Å². The van der Waals surface area contributed by atoms with E-state index in [1.54, 1.807) is 12.4 Å². The molecule has 104 valence electrons. The summed E-state index contributed by atoms with van der Waals surface area (Å²) in [6, 6.07) is 8.22. The van der Waals surface area contributed by atoms with E-state index in [1.165, 1.54) is 12.1 Å². The largest absolute Gasteiger partial charge is 0.347 e. The minimum absolute atomic E-state index is 0.162. The van der Waals surface area contributed by atoms with Gasteiger partial charge in [0.2, 0.25) is 0 Å². The van der Waals surface area contributed by atoms with E-state index < -0.39 is 0 Å². The molecule has 0 saturated heterocycles. The van der Waals surface area contributed by atoms with Crippen molar-refractivity contribution in [3.63, 3.8) is 0 Å². The predicted octanol–water partition coefficient (Wildman–Crippen LogP) is 0.643. The molecule has 7 nitrogen and oxygen atoms in total. The van der Waals surface area contributed by atoms with Gasteiger partial charge in [0.1, 0.15) is 5.69 Å². The summed E-state index contributed by atoms with van der Waals surface area (Å²) in [5.74, 6) is -0.356. The first-order chi connectivity index (χ1) is 10.2. The van der Waals surface area contributed by atoms with Gasteiger partial charge in [-0.15, -0.1) is 0 Å². The molecular weight excluding hydrogens is 270 g/mol. The van der Waals surface area contributed by atoms with Crippen LogP contribution in [0.3, 0.4) is 0 Å². The number of aromatic nitrogens is 4. The molecule has 21 heavy (non-hydrogen) atoms. The number of hydrogen-bond donors (Lipinski definition) is 2. The van der Waals surface area contributed by atoms with Gasteiger partial charge in [-0.2, -0.15) is 5.10 Å². The molecule has 3 rings (SSSR count). The molecule has 0 aliphatic heterocycles. The Morgan fingerprint density at radius 1 is 1.10 bits per heavy atom. The normalized spacial score (nSPS) is 10.5. The molecule has 3 aromatic rings. The highest BCUT2D eigenvalue weighted by molar-refractivity contribution is 5.92. The lowest BCUT2D eigenvalue weighted by molar-refractivity contribution is 0.0945. The lowest BCUT2D eigenvalue weighted by Gasteiger charge is -2.05. The van der Waals surface area contributed by atoms with Gasteiger partial charge in [0, 0.05) is 25.0 Å². The zero-order valence-electron chi connectivity index (χ0n) is 10.9. The van der Waals surface area contributed by atoms with Crippen molar-refractivity contribution in [2.45, 2.75) is 6.54 Å². The van der Waals surface area contributed by atoms with Crippen LogP contribution in [-0.4, -0.2) is 26.1 Å². The molecule has 2 N–H and O–H groups in total. The van der Waals surface area contributed by atoms with Crippen LogP contribution in [-0.2, 0) is 6.54 Å². The van der Waals surface area contributed by atoms with Gasteiger partial charge in [0.25, 0.3) is 11.5 Å². The highest BCUT2D eigenvalue weighted by Gasteiger charge is 2.07. The molecule has 2 aromatic heterocycles.